The van der Waals surface area contributed by atoms with E-state index >= 15 is 0 Å². The SMILES string of the molecule is CCCCn1nc(CC(=O)NC)nc1[C@H]1OCC(=O)N(C(C)C)[C@@H]1c1ccccc1. The normalized spacial score (nSPS) is 19.4. The van der Waals surface area contributed by atoms with Crippen LogP contribution >= 0.6 is 0 Å². The van der Waals surface area contributed by atoms with E-state index in [1.54, 1.807) is 7.05 Å². The molecule has 2 heterocycles. The first-order valence-electron chi connectivity index (χ1n) is 10.6. The van der Waals surface area contributed by atoms with Crippen LogP contribution in [0.2, 0.25) is 0 Å². The third-order valence-corrected chi connectivity index (χ3v) is 5.28. The second-order valence-corrected chi connectivity index (χ2v) is 7.79. The molecule has 0 spiro atoms. The summed E-state index contributed by atoms with van der Waals surface area (Å²) in [4.78, 5) is 31.2. The summed E-state index contributed by atoms with van der Waals surface area (Å²) < 4.78 is 7.92. The molecule has 8 nitrogen and oxygen atoms in total. The van der Waals surface area contributed by atoms with Gasteiger partial charge in [-0.1, -0.05) is 43.7 Å². The average Bonchev–Trinajstić information content (AvgIpc) is 3.14. The van der Waals surface area contributed by atoms with E-state index in [1.807, 2.05) is 53.8 Å². The zero-order chi connectivity index (χ0) is 21.7. The van der Waals surface area contributed by atoms with E-state index in [0.29, 0.717) is 18.2 Å². The van der Waals surface area contributed by atoms with Gasteiger partial charge in [-0.2, -0.15) is 5.10 Å². The maximum absolute atomic E-state index is 12.7. The van der Waals surface area contributed by atoms with Crippen molar-refractivity contribution in [3.05, 3.63) is 47.5 Å². The van der Waals surface area contributed by atoms with Gasteiger partial charge in [-0.15, -0.1) is 0 Å². The summed E-state index contributed by atoms with van der Waals surface area (Å²) in [6.07, 6.45) is 1.59. The first kappa shape index (κ1) is 22.0. The van der Waals surface area contributed by atoms with Crippen molar-refractivity contribution in [2.75, 3.05) is 13.7 Å². The molecule has 1 fully saturated rings. The number of unbranched alkanes of at least 4 members (excludes halogenated alkanes) is 1. The Kier molecular flexibility index (Phi) is 7.20. The number of aryl methyl sites for hydroxylation is 1. The zero-order valence-electron chi connectivity index (χ0n) is 18.2. The molecule has 1 aromatic carbocycles. The molecule has 1 saturated heterocycles. The Labute approximate surface area is 177 Å². The number of rotatable bonds is 8. The van der Waals surface area contributed by atoms with Crippen molar-refractivity contribution >= 4 is 11.8 Å². The molecule has 1 aliphatic rings. The fraction of sp³-hybridized carbons (Fsp3) is 0.545. The van der Waals surface area contributed by atoms with Gasteiger partial charge in [0.15, 0.2) is 11.6 Å². The summed E-state index contributed by atoms with van der Waals surface area (Å²) in [5.74, 6) is 0.941. The quantitative estimate of drug-likeness (QED) is 0.718. The summed E-state index contributed by atoms with van der Waals surface area (Å²) in [7, 11) is 1.60. The predicted molar refractivity (Wildman–Crippen MR) is 113 cm³/mol. The van der Waals surface area contributed by atoms with Crippen molar-refractivity contribution < 1.29 is 14.3 Å². The molecule has 1 N–H and O–H groups in total. The van der Waals surface area contributed by atoms with Crippen molar-refractivity contribution in [3.63, 3.8) is 0 Å². The second kappa shape index (κ2) is 9.84. The van der Waals surface area contributed by atoms with E-state index in [9.17, 15) is 9.59 Å². The van der Waals surface area contributed by atoms with Crippen LogP contribution in [0.15, 0.2) is 30.3 Å². The number of ether oxygens (including phenoxy) is 1. The van der Waals surface area contributed by atoms with E-state index in [4.69, 9.17) is 9.72 Å². The number of morpholine rings is 1. The minimum Gasteiger partial charge on any atom is -0.359 e. The van der Waals surface area contributed by atoms with Crippen molar-refractivity contribution in [1.29, 1.82) is 0 Å². The second-order valence-electron chi connectivity index (χ2n) is 7.79. The molecule has 0 aliphatic carbocycles. The van der Waals surface area contributed by atoms with Crippen LogP contribution in [0.3, 0.4) is 0 Å². The smallest absolute Gasteiger partial charge is 0.249 e. The summed E-state index contributed by atoms with van der Waals surface area (Å²) in [5.41, 5.74) is 0.988. The Balaban J connectivity index is 2.05. The van der Waals surface area contributed by atoms with Crippen LogP contribution in [0, 0.1) is 0 Å². The molecule has 1 aromatic heterocycles. The van der Waals surface area contributed by atoms with Gasteiger partial charge in [0.05, 0.1) is 12.5 Å². The van der Waals surface area contributed by atoms with E-state index < -0.39 is 6.10 Å². The van der Waals surface area contributed by atoms with Gasteiger partial charge in [0.2, 0.25) is 11.8 Å². The third kappa shape index (κ3) is 4.70. The number of amides is 2. The van der Waals surface area contributed by atoms with Crippen LogP contribution in [-0.4, -0.2) is 51.2 Å². The van der Waals surface area contributed by atoms with Gasteiger partial charge in [-0.25, -0.2) is 9.67 Å². The third-order valence-electron chi connectivity index (χ3n) is 5.28. The highest BCUT2D eigenvalue weighted by Crippen LogP contribution is 2.40. The molecule has 2 amide bonds. The van der Waals surface area contributed by atoms with Crippen LogP contribution < -0.4 is 5.32 Å². The van der Waals surface area contributed by atoms with E-state index in [1.165, 1.54) is 0 Å². The molecular weight excluding hydrogens is 382 g/mol. The summed E-state index contributed by atoms with van der Waals surface area (Å²) in [5, 5.41) is 7.20. The number of nitrogens with one attached hydrogen (secondary N) is 1. The zero-order valence-corrected chi connectivity index (χ0v) is 18.2. The van der Waals surface area contributed by atoms with E-state index in [-0.39, 0.29) is 36.9 Å². The molecule has 8 heteroatoms. The van der Waals surface area contributed by atoms with Crippen LogP contribution in [0.5, 0.6) is 0 Å². The molecule has 2 aromatic rings. The van der Waals surface area contributed by atoms with Crippen molar-refractivity contribution in [1.82, 2.24) is 25.0 Å². The fourth-order valence-corrected chi connectivity index (χ4v) is 3.83. The Morgan fingerprint density at radius 3 is 2.67 bits per heavy atom. The van der Waals surface area contributed by atoms with Crippen LogP contribution in [0.25, 0.3) is 0 Å². The highest BCUT2D eigenvalue weighted by atomic mass is 16.5. The Morgan fingerprint density at radius 1 is 1.30 bits per heavy atom. The molecule has 0 bridgehead atoms. The van der Waals surface area contributed by atoms with Gasteiger partial charge in [0.25, 0.3) is 0 Å². The first-order valence-corrected chi connectivity index (χ1v) is 10.6. The van der Waals surface area contributed by atoms with Gasteiger partial charge in [-0.05, 0) is 25.8 Å². The van der Waals surface area contributed by atoms with Gasteiger partial charge in [0, 0.05) is 19.6 Å². The molecular formula is C22H31N5O3. The lowest BCUT2D eigenvalue weighted by Gasteiger charge is -2.43. The average molecular weight is 414 g/mol. The van der Waals surface area contributed by atoms with Crippen LogP contribution in [0.1, 0.15) is 63.0 Å². The number of nitrogens with zero attached hydrogens (tertiary/aromatic N) is 4. The van der Waals surface area contributed by atoms with Gasteiger partial charge >= 0.3 is 0 Å². The van der Waals surface area contributed by atoms with Crippen LogP contribution in [0.4, 0.5) is 0 Å². The number of carbonyl (C=O) groups is 2. The van der Waals surface area contributed by atoms with Gasteiger partial charge in [-0.3, -0.25) is 9.59 Å². The molecule has 1 aliphatic heterocycles. The molecule has 0 unspecified atom stereocenters. The largest absolute Gasteiger partial charge is 0.359 e. The lowest BCUT2D eigenvalue weighted by molar-refractivity contribution is -0.163. The van der Waals surface area contributed by atoms with E-state index in [2.05, 4.69) is 17.3 Å². The molecule has 2 atom stereocenters. The Bertz CT molecular complexity index is 865. The van der Waals surface area contributed by atoms with Gasteiger partial charge in [0.1, 0.15) is 12.7 Å². The summed E-state index contributed by atoms with van der Waals surface area (Å²) >= 11 is 0. The first-order chi connectivity index (χ1) is 14.5. The number of benzene rings is 1. The van der Waals surface area contributed by atoms with Crippen molar-refractivity contribution in [3.8, 4) is 0 Å². The summed E-state index contributed by atoms with van der Waals surface area (Å²) in [6.45, 7) is 6.82. The van der Waals surface area contributed by atoms with Crippen LogP contribution in [-0.2, 0) is 27.3 Å². The standard InChI is InChI=1S/C22H31N5O3/c1-5-6-12-26-22(24-17(25-26)13-18(28)23-4)21-20(16-10-8-7-9-11-16)27(15(2)3)19(29)14-30-21/h7-11,15,20-21H,5-6,12-14H2,1-4H3,(H,23,28)/t20-,21+/m1/s1. The van der Waals surface area contributed by atoms with Crippen molar-refractivity contribution in [2.24, 2.45) is 0 Å². The molecule has 0 radical (unpaired) electrons. The maximum atomic E-state index is 12.7. The van der Waals surface area contributed by atoms with E-state index in [0.717, 1.165) is 18.4 Å². The lowest BCUT2D eigenvalue weighted by atomic mass is 9.95. The summed E-state index contributed by atoms with van der Waals surface area (Å²) in [6, 6.07) is 9.58. The Hall–Kier alpha value is -2.74. The van der Waals surface area contributed by atoms with Crippen molar-refractivity contribution in [2.45, 2.75) is 64.8 Å². The number of aromatic nitrogens is 3. The topological polar surface area (TPSA) is 89.4 Å². The molecule has 162 valence electrons. The lowest BCUT2D eigenvalue weighted by Crippen LogP contribution is -2.49. The monoisotopic (exact) mass is 413 g/mol. The fourth-order valence-electron chi connectivity index (χ4n) is 3.83. The number of hydrogen-bond acceptors (Lipinski definition) is 5. The van der Waals surface area contributed by atoms with Gasteiger partial charge < -0.3 is 15.0 Å². The number of carbonyl (C=O) groups excluding carboxylic acids is 2. The highest BCUT2D eigenvalue weighted by Gasteiger charge is 2.42. The Morgan fingerprint density at radius 2 is 2.03 bits per heavy atom. The highest BCUT2D eigenvalue weighted by molar-refractivity contribution is 5.79. The number of hydrogen-bond donors (Lipinski definition) is 1. The predicted octanol–water partition coefficient (Wildman–Crippen LogP) is 2.42. The number of likely N-dealkylation sites (N-methyl/N-ethyl adjacent to an activating group) is 1. The molecule has 0 saturated carbocycles. The minimum absolute atomic E-state index is 0.00238. The molecule has 3 rings (SSSR count). The maximum Gasteiger partial charge on any atom is 0.249 e. The minimum atomic E-state index is -0.463. The molecule has 30 heavy (non-hydrogen) atoms.